The van der Waals surface area contributed by atoms with Gasteiger partial charge in [-0.1, -0.05) is 0 Å². The molecule has 0 aromatic carbocycles. The fourth-order valence-corrected chi connectivity index (χ4v) is 2.53. The van der Waals surface area contributed by atoms with Crippen LogP contribution in [0.2, 0.25) is 0 Å². The predicted molar refractivity (Wildman–Crippen MR) is 94.3 cm³/mol. The lowest BCUT2D eigenvalue weighted by Gasteiger charge is -2.21. The van der Waals surface area contributed by atoms with E-state index in [0.717, 1.165) is 11.0 Å². The highest BCUT2D eigenvalue weighted by Crippen LogP contribution is 2.26. The summed E-state index contributed by atoms with van der Waals surface area (Å²) in [6, 6.07) is -0.0681. The van der Waals surface area contributed by atoms with Gasteiger partial charge in [0.05, 0.1) is 0 Å². The van der Waals surface area contributed by atoms with Crippen molar-refractivity contribution in [2.75, 3.05) is 18.0 Å². The summed E-state index contributed by atoms with van der Waals surface area (Å²) in [5.74, 6) is -1.61. The minimum atomic E-state index is -4.60. The minimum absolute atomic E-state index is 0.0528. The Labute approximate surface area is 160 Å². The van der Waals surface area contributed by atoms with E-state index in [1.165, 1.54) is 25.6 Å². The summed E-state index contributed by atoms with van der Waals surface area (Å²) < 4.78 is 37.2. The Morgan fingerprint density at radius 1 is 1.31 bits per heavy atom. The standard InChI is InChI=1S/C16H14F3N7O3/c1-2-26(15(29)22-6-16(17,18)19)11-3-10(14(27)28)24-13(25-11)9-5-21-12-8(9)4-20-7-23-12/h3-5,7H,2,6H2,1H3,(H,22,29)(H,27,28)(H,20,21,23). The number of aromatic amines is 1. The number of hydrogen-bond acceptors (Lipinski definition) is 6. The molecule has 0 aliphatic rings. The normalized spacial score (nSPS) is 11.4. The summed E-state index contributed by atoms with van der Waals surface area (Å²) in [5.41, 5.74) is 0.395. The highest BCUT2D eigenvalue weighted by atomic mass is 19.4. The van der Waals surface area contributed by atoms with E-state index in [1.54, 1.807) is 5.32 Å². The molecule has 0 radical (unpaired) electrons. The van der Waals surface area contributed by atoms with Crippen LogP contribution in [0.5, 0.6) is 0 Å². The number of carboxylic acid groups (broad SMARTS) is 1. The highest BCUT2D eigenvalue weighted by Gasteiger charge is 2.29. The second kappa shape index (κ2) is 7.69. The third kappa shape index (κ3) is 4.39. The molecule has 29 heavy (non-hydrogen) atoms. The van der Waals surface area contributed by atoms with Crippen molar-refractivity contribution in [2.45, 2.75) is 13.1 Å². The highest BCUT2D eigenvalue weighted by molar-refractivity contribution is 5.95. The van der Waals surface area contributed by atoms with Gasteiger partial charge >= 0.3 is 18.2 Å². The van der Waals surface area contributed by atoms with Gasteiger partial charge in [-0.3, -0.25) is 4.90 Å². The third-order valence-electron chi connectivity index (χ3n) is 3.81. The van der Waals surface area contributed by atoms with Crippen molar-refractivity contribution in [3.8, 4) is 11.4 Å². The molecule has 0 spiro atoms. The molecule has 3 aromatic rings. The zero-order valence-corrected chi connectivity index (χ0v) is 14.9. The molecular formula is C16H14F3N7O3. The van der Waals surface area contributed by atoms with E-state index in [4.69, 9.17) is 0 Å². The van der Waals surface area contributed by atoms with E-state index >= 15 is 0 Å². The zero-order valence-electron chi connectivity index (χ0n) is 14.9. The third-order valence-corrected chi connectivity index (χ3v) is 3.81. The average molecular weight is 409 g/mol. The smallest absolute Gasteiger partial charge is 0.405 e. The number of urea groups is 1. The Morgan fingerprint density at radius 2 is 2.07 bits per heavy atom. The largest absolute Gasteiger partial charge is 0.477 e. The van der Waals surface area contributed by atoms with Gasteiger partial charge in [-0.2, -0.15) is 13.2 Å². The molecule has 152 valence electrons. The van der Waals surface area contributed by atoms with Gasteiger partial charge in [-0.15, -0.1) is 0 Å². The number of nitrogens with one attached hydrogen (secondary N) is 2. The second-order valence-electron chi connectivity index (χ2n) is 5.75. The Hall–Kier alpha value is -3.77. The Bertz CT molecular complexity index is 1070. The molecule has 0 saturated carbocycles. The molecule has 0 fully saturated rings. The van der Waals surface area contributed by atoms with Gasteiger partial charge in [0.2, 0.25) is 0 Å². The number of amides is 2. The van der Waals surface area contributed by atoms with E-state index in [0.29, 0.717) is 16.6 Å². The first kappa shape index (κ1) is 20.0. The number of alkyl halides is 3. The number of carbonyl (C=O) groups excluding carboxylic acids is 1. The van der Waals surface area contributed by atoms with Gasteiger partial charge in [0.15, 0.2) is 11.5 Å². The van der Waals surface area contributed by atoms with Crippen LogP contribution in [0.4, 0.5) is 23.8 Å². The molecule has 3 N–H and O–H groups in total. The molecule has 3 aromatic heterocycles. The Kier molecular flexibility index (Phi) is 5.30. The number of halogens is 3. The second-order valence-corrected chi connectivity index (χ2v) is 5.75. The number of H-pyrrole nitrogens is 1. The van der Waals surface area contributed by atoms with Crippen LogP contribution in [0, 0.1) is 0 Å². The average Bonchev–Trinajstić information content (AvgIpc) is 3.10. The zero-order chi connectivity index (χ0) is 21.2. The molecule has 0 aliphatic heterocycles. The van der Waals surface area contributed by atoms with Crippen LogP contribution in [0.25, 0.3) is 22.4 Å². The lowest BCUT2D eigenvalue weighted by atomic mass is 10.2. The van der Waals surface area contributed by atoms with Crippen LogP contribution in [0.15, 0.2) is 24.8 Å². The fourth-order valence-electron chi connectivity index (χ4n) is 2.53. The van der Waals surface area contributed by atoms with E-state index in [-0.39, 0.29) is 18.2 Å². The van der Waals surface area contributed by atoms with Crippen molar-refractivity contribution >= 4 is 28.9 Å². The minimum Gasteiger partial charge on any atom is -0.477 e. The predicted octanol–water partition coefficient (Wildman–Crippen LogP) is 2.21. The van der Waals surface area contributed by atoms with Gasteiger partial charge in [0, 0.05) is 36.0 Å². The van der Waals surface area contributed by atoms with Gasteiger partial charge in [0.1, 0.15) is 24.3 Å². The summed E-state index contributed by atoms with van der Waals surface area (Å²) in [6.45, 7) is -0.0863. The summed E-state index contributed by atoms with van der Waals surface area (Å²) >= 11 is 0. The van der Waals surface area contributed by atoms with Crippen LogP contribution < -0.4 is 10.2 Å². The van der Waals surface area contributed by atoms with E-state index in [2.05, 4.69) is 24.9 Å². The van der Waals surface area contributed by atoms with E-state index in [1.807, 2.05) is 0 Å². The number of rotatable bonds is 5. The molecule has 0 saturated heterocycles. The van der Waals surface area contributed by atoms with Crippen molar-refractivity contribution in [3.63, 3.8) is 0 Å². The molecule has 2 amide bonds. The van der Waals surface area contributed by atoms with Crippen LogP contribution in [0.3, 0.4) is 0 Å². The summed E-state index contributed by atoms with van der Waals surface area (Å²) in [7, 11) is 0. The van der Waals surface area contributed by atoms with Crippen LogP contribution in [0.1, 0.15) is 17.4 Å². The quantitative estimate of drug-likeness (QED) is 0.587. The van der Waals surface area contributed by atoms with Crippen molar-refractivity contribution in [1.82, 2.24) is 30.2 Å². The number of carboxylic acids is 1. The Balaban J connectivity index is 2.04. The monoisotopic (exact) mass is 409 g/mol. The molecule has 0 bridgehead atoms. The molecule has 0 aliphatic carbocycles. The van der Waals surface area contributed by atoms with Gasteiger partial charge in [0.25, 0.3) is 0 Å². The maximum Gasteiger partial charge on any atom is 0.405 e. The number of aromatic carboxylic acids is 1. The Morgan fingerprint density at radius 3 is 2.72 bits per heavy atom. The molecule has 0 atom stereocenters. The van der Waals surface area contributed by atoms with Crippen LogP contribution in [-0.4, -0.2) is 61.3 Å². The number of aromatic nitrogens is 5. The van der Waals surface area contributed by atoms with E-state index in [9.17, 15) is 27.9 Å². The fraction of sp³-hybridized carbons (Fsp3) is 0.250. The topological polar surface area (TPSA) is 137 Å². The number of anilines is 1. The van der Waals surface area contributed by atoms with Crippen molar-refractivity contribution in [3.05, 3.63) is 30.5 Å². The van der Waals surface area contributed by atoms with Gasteiger partial charge in [-0.25, -0.2) is 29.5 Å². The molecule has 3 rings (SSSR count). The van der Waals surface area contributed by atoms with Crippen LogP contribution >= 0.6 is 0 Å². The van der Waals surface area contributed by atoms with Gasteiger partial charge in [-0.05, 0) is 6.92 Å². The lowest BCUT2D eigenvalue weighted by molar-refractivity contribution is -0.122. The number of hydrogen-bond donors (Lipinski definition) is 3. The first-order chi connectivity index (χ1) is 13.7. The summed E-state index contributed by atoms with van der Waals surface area (Å²) in [6.07, 6.45) is -0.323. The number of nitrogens with zero attached hydrogens (tertiary/aromatic N) is 5. The maximum atomic E-state index is 12.4. The lowest BCUT2D eigenvalue weighted by Crippen LogP contribution is -2.44. The first-order valence-corrected chi connectivity index (χ1v) is 8.21. The first-order valence-electron chi connectivity index (χ1n) is 8.21. The number of fused-ring (bicyclic) bond motifs is 1. The van der Waals surface area contributed by atoms with Crippen molar-refractivity contribution in [2.24, 2.45) is 0 Å². The van der Waals surface area contributed by atoms with Crippen LogP contribution in [-0.2, 0) is 0 Å². The van der Waals surface area contributed by atoms with Crippen molar-refractivity contribution < 1.29 is 27.9 Å². The summed E-state index contributed by atoms with van der Waals surface area (Å²) in [5, 5.41) is 11.6. The molecule has 13 heteroatoms. The molecule has 10 nitrogen and oxygen atoms in total. The van der Waals surface area contributed by atoms with E-state index < -0.39 is 30.4 Å². The molecular weight excluding hydrogens is 395 g/mol. The SMILES string of the molecule is CCN(C(=O)NCC(F)(F)F)c1cc(C(=O)O)nc(-c2c[nH]c3ncncc23)n1. The molecule has 0 unspecified atom stereocenters. The van der Waals surface area contributed by atoms with Gasteiger partial charge < -0.3 is 15.4 Å². The van der Waals surface area contributed by atoms with Crippen molar-refractivity contribution in [1.29, 1.82) is 0 Å². The molecule has 3 heterocycles. The maximum absolute atomic E-state index is 12.4. The summed E-state index contributed by atoms with van der Waals surface area (Å²) in [4.78, 5) is 43.5. The number of carbonyl (C=O) groups is 2.